The Kier molecular flexibility index (Phi) is 6.68. The number of likely N-dealkylation sites (tertiary alicyclic amines) is 1. The highest BCUT2D eigenvalue weighted by atomic mass is 35.5. The first kappa shape index (κ1) is 24.5. The molecule has 1 atom stereocenters. The summed E-state index contributed by atoms with van der Waals surface area (Å²) in [7, 11) is -3.93. The average molecular weight is 514 g/mol. The third-order valence-corrected chi connectivity index (χ3v) is 7.14. The predicted octanol–water partition coefficient (Wildman–Crippen LogP) is 4.42. The van der Waals surface area contributed by atoms with Crippen LogP contribution in [0.5, 0.6) is 5.75 Å². The first-order chi connectivity index (χ1) is 16.3. The Bertz CT molecular complexity index is 1490. The Morgan fingerprint density at radius 2 is 1.83 bits per heavy atom. The molecule has 1 unspecified atom stereocenters. The molecule has 0 amide bonds. The van der Waals surface area contributed by atoms with E-state index < -0.39 is 10.1 Å². The van der Waals surface area contributed by atoms with E-state index in [9.17, 15) is 8.42 Å². The molecule has 1 aliphatic heterocycles. The van der Waals surface area contributed by atoms with Crippen LogP contribution in [0.3, 0.4) is 0 Å². The van der Waals surface area contributed by atoms with E-state index in [1.807, 2.05) is 25.1 Å². The number of aryl methyl sites for hydroxylation is 1. The smallest absolute Gasteiger partial charge is 0.339 e. The minimum atomic E-state index is -3.93. The van der Waals surface area contributed by atoms with Crippen LogP contribution in [0, 0.1) is 12.3 Å². The van der Waals surface area contributed by atoms with Gasteiger partial charge in [-0.2, -0.15) is 13.4 Å². The van der Waals surface area contributed by atoms with Crippen molar-refractivity contribution in [3.8, 4) is 17.1 Å². The van der Waals surface area contributed by atoms with Gasteiger partial charge in [-0.3, -0.25) is 5.41 Å². The Morgan fingerprint density at radius 1 is 1.11 bits per heavy atom. The molecule has 0 bridgehead atoms. The number of halogens is 1. The van der Waals surface area contributed by atoms with Gasteiger partial charge in [-0.25, -0.2) is 0 Å². The number of nitrogens with two attached hydrogens (primary N) is 1. The van der Waals surface area contributed by atoms with E-state index in [4.69, 9.17) is 19.8 Å². The summed E-state index contributed by atoms with van der Waals surface area (Å²) in [4.78, 5) is 6.39. The molecule has 5 rings (SSSR count). The summed E-state index contributed by atoms with van der Waals surface area (Å²) in [6.45, 7) is 2.58. The number of nitrogens with one attached hydrogen (secondary N) is 1. The van der Waals surface area contributed by atoms with Gasteiger partial charge in [0, 0.05) is 12.1 Å². The molecular weight excluding hydrogens is 490 g/mol. The largest absolute Gasteiger partial charge is 0.379 e. The molecule has 1 saturated heterocycles. The lowest BCUT2D eigenvalue weighted by atomic mass is 10.1. The molecule has 35 heavy (non-hydrogen) atoms. The van der Waals surface area contributed by atoms with Crippen molar-refractivity contribution in [2.24, 2.45) is 5.73 Å². The molecule has 0 spiro atoms. The molecule has 1 aliphatic rings. The second kappa shape index (κ2) is 9.55. The van der Waals surface area contributed by atoms with Crippen LogP contribution in [0.1, 0.15) is 30.3 Å². The molecule has 182 valence electrons. The zero-order valence-electron chi connectivity index (χ0n) is 18.8. The molecule has 2 heterocycles. The van der Waals surface area contributed by atoms with E-state index in [2.05, 4.69) is 10.1 Å². The maximum Gasteiger partial charge on any atom is 0.339 e. The lowest BCUT2D eigenvalue weighted by Gasteiger charge is -2.21. The van der Waals surface area contributed by atoms with Crippen molar-refractivity contribution in [1.82, 2.24) is 15.0 Å². The van der Waals surface area contributed by atoms with E-state index in [1.54, 1.807) is 35.2 Å². The third kappa shape index (κ3) is 4.94. The Hall–Kier alpha value is -3.63. The summed E-state index contributed by atoms with van der Waals surface area (Å²) in [5, 5.41) is 13.5. The van der Waals surface area contributed by atoms with E-state index in [0.29, 0.717) is 18.3 Å². The van der Waals surface area contributed by atoms with Gasteiger partial charge in [0.15, 0.2) is 5.96 Å². The highest BCUT2D eigenvalue weighted by Crippen LogP contribution is 2.32. The second-order valence-electron chi connectivity index (χ2n) is 8.27. The van der Waals surface area contributed by atoms with Crippen LogP contribution >= 0.6 is 12.4 Å². The van der Waals surface area contributed by atoms with Crippen molar-refractivity contribution in [2.45, 2.75) is 30.7 Å². The molecule has 0 saturated carbocycles. The summed E-state index contributed by atoms with van der Waals surface area (Å²) in [5.41, 5.74) is 7.39. The number of benzene rings is 3. The number of guanidine groups is 1. The van der Waals surface area contributed by atoms with Crippen LogP contribution in [0.15, 0.2) is 70.1 Å². The zero-order chi connectivity index (χ0) is 23.9. The zero-order valence-corrected chi connectivity index (χ0v) is 20.5. The number of aromatic nitrogens is 2. The standard InChI is InChI=1S/C24H23N5O4S.ClH/c1-15-4-10-20(11-5-15)34(30,31)33-19-9-8-16-13-18(7-6-17(16)14-19)22-27-23(32-28-22)21-3-2-12-29(21)24(25)26;/h4-11,13-14,21H,2-3,12H2,1H3,(H3,25,26);1H. The van der Waals surface area contributed by atoms with E-state index >= 15 is 0 Å². The first-order valence-electron chi connectivity index (χ1n) is 10.8. The quantitative estimate of drug-likeness (QED) is 0.227. The summed E-state index contributed by atoms with van der Waals surface area (Å²) < 4.78 is 36.0. The van der Waals surface area contributed by atoms with Gasteiger partial charge in [-0.15, -0.1) is 12.4 Å². The van der Waals surface area contributed by atoms with Crippen LogP contribution in [0.4, 0.5) is 0 Å². The minimum Gasteiger partial charge on any atom is -0.379 e. The number of rotatable bonds is 5. The van der Waals surface area contributed by atoms with Gasteiger partial charge in [0.25, 0.3) is 0 Å². The maximum absolute atomic E-state index is 12.6. The van der Waals surface area contributed by atoms with Crippen LogP contribution in [-0.4, -0.2) is 36.0 Å². The molecule has 3 aromatic carbocycles. The predicted molar refractivity (Wildman–Crippen MR) is 134 cm³/mol. The van der Waals surface area contributed by atoms with Crippen LogP contribution in [-0.2, 0) is 10.1 Å². The maximum atomic E-state index is 12.6. The first-order valence-corrected chi connectivity index (χ1v) is 12.2. The SMILES string of the molecule is Cc1ccc(S(=O)(=O)Oc2ccc3cc(-c4noc(C5CCCN5C(=N)N)n4)ccc3c2)cc1.Cl. The van der Waals surface area contributed by atoms with Gasteiger partial charge in [0.1, 0.15) is 16.7 Å². The summed E-state index contributed by atoms with van der Waals surface area (Å²) in [5.74, 6) is 1.10. The highest BCUT2D eigenvalue weighted by Gasteiger charge is 2.31. The number of hydrogen-bond donors (Lipinski definition) is 2. The lowest BCUT2D eigenvalue weighted by molar-refractivity contribution is 0.283. The van der Waals surface area contributed by atoms with Gasteiger partial charge in [0.2, 0.25) is 11.7 Å². The van der Waals surface area contributed by atoms with Crippen molar-refractivity contribution < 1.29 is 17.1 Å². The normalized spacial score (nSPS) is 15.7. The lowest BCUT2D eigenvalue weighted by Crippen LogP contribution is -2.35. The van der Waals surface area contributed by atoms with E-state index in [1.165, 1.54) is 12.1 Å². The van der Waals surface area contributed by atoms with Crippen molar-refractivity contribution in [2.75, 3.05) is 6.54 Å². The number of nitrogens with zero attached hydrogens (tertiary/aromatic N) is 3. The average Bonchev–Trinajstić information content (AvgIpc) is 3.48. The van der Waals surface area contributed by atoms with Crippen molar-refractivity contribution in [3.63, 3.8) is 0 Å². The monoisotopic (exact) mass is 513 g/mol. The second-order valence-corrected chi connectivity index (χ2v) is 9.81. The number of hydrogen-bond acceptors (Lipinski definition) is 7. The Morgan fingerprint density at radius 3 is 2.57 bits per heavy atom. The summed E-state index contributed by atoms with van der Waals surface area (Å²) in [6.07, 6.45) is 1.70. The molecule has 0 radical (unpaired) electrons. The molecule has 11 heteroatoms. The van der Waals surface area contributed by atoms with Gasteiger partial charge < -0.3 is 19.3 Å². The molecular formula is C24H24ClN5O4S. The minimum absolute atomic E-state index is 0. The van der Waals surface area contributed by atoms with Crippen molar-refractivity contribution in [1.29, 1.82) is 5.41 Å². The fraction of sp³-hybridized carbons (Fsp3) is 0.208. The molecule has 9 nitrogen and oxygen atoms in total. The fourth-order valence-electron chi connectivity index (χ4n) is 4.09. The van der Waals surface area contributed by atoms with Gasteiger partial charge in [0.05, 0.1) is 0 Å². The van der Waals surface area contributed by atoms with Crippen molar-refractivity contribution in [3.05, 3.63) is 72.1 Å². The van der Waals surface area contributed by atoms with Gasteiger partial charge in [-0.05, 0) is 60.9 Å². The topological polar surface area (TPSA) is 135 Å². The molecule has 4 aromatic rings. The van der Waals surface area contributed by atoms with Gasteiger partial charge >= 0.3 is 10.1 Å². The third-order valence-electron chi connectivity index (χ3n) is 5.87. The molecule has 1 fully saturated rings. The number of fused-ring (bicyclic) bond motifs is 1. The van der Waals surface area contributed by atoms with E-state index in [0.717, 1.165) is 34.7 Å². The Labute approximate surface area is 208 Å². The highest BCUT2D eigenvalue weighted by molar-refractivity contribution is 7.87. The summed E-state index contributed by atoms with van der Waals surface area (Å²) >= 11 is 0. The molecule has 1 aromatic heterocycles. The van der Waals surface area contributed by atoms with Crippen molar-refractivity contribution >= 4 is 39.3 Å². The van der Waals surface area contributed by atoms with Crippen LogP contribution < -0.4 is 9.92 Å². The molecule has 3 N–H and O–H groups in total. The summed E-state index contributed by atoms with van der Waals surface area (Å²) in [6, 6.07) is 17.0. The van der Waals surface area contributed by atoms with Crippen LogP contribution in [0.25, 0.3) is 22.2 Å². The fourth-order valence-corrected chi connectivity index (χ4v) is 5.02. The van der Waals surface area contributed by atoms with Gasteiger partial charge in [-0.1, -0.05) is 41.1 Å². The van der Waals surface area contributed by atoms with E-state index in [-0.39, 0.29) is 35.1 Å². The van der Waals surface area contributed by atoms with Crippen LogP contribution in [0.2, 0.25) is 0 Å². The Balaban J connectivity index is 0.00000289. The molecule has 0 aliphatic carbocycles.